The molecule has 2 aliphatic carbocycles. The molecule has 1 saturated carbocycles. The lowest BCUT2D eigenvalue weighted by Crippen LogP contribution is -2.44. The van der Waals surface area contributed by atoms with Crippen LogP contribution < -0.4 is 0 Å². The second kappa shape index (κ2) is 11.1. The minimum absolute atomic E-state index is 0.0732. The van der Waals surface area contributed by atoms with Crippen molar-refractivity contribution >= 4 is 11.9 Å². The van der Waals surface area contributed by atoms with E-state index in [-0.39, 0.29) is 36.8 Å². The van der Waals surface area contributed by atoms with Crippen molar-refractivity contribution in [1.82, 2.24) is 0 Å². The second-order valence-electron chi connectivity index (χ2n) is 9.08. The Morgan fingerprint density at radius 2 is 1.90 bits per heavy atom. The number of hydrogen-bond donors (Lipinski definition) is 3. The minimum Gasteiger partial charge on any atom is -0.481 e. The Kier molecular flexibility index (Phi) is 9.15. The largest absolute Gasteiger partial charge is 0.481 e. The summed E-state index contributed by atoms with van der Waals surface area (Å²) in [6.45, 7) is 6.07. The molecule has 166 valence electrons. The topological polar surface area (TPSA) is 104 Å². The number of allylic oxidation sites excluding steroid dienone is 2. The third kappa shape index (κ3) is 6.82. The average Bonchev–Trinajstić information content (AvgIpc) is 2.66. The smallest absolute Gasteiger partial charge is 0.308 e. The maximum absolute atomic E-state index is 12.4. The molecule has 2 aliphatic rings. The van der Waals surface area contributed by atoms with Crippen LogP contribution in [0.1, 0.15) is 72.1 Å². The monoisotopic (exact) mass is 410 g/mol. The molecule has 0 heterocycles. The van der Waals surface area contributed by atoms with Crippen molar-refractivity contribution in [3.63, 3.8) is 0 Å². The first-order valence-electron chi connectivity index (χ1n) is 11.2. The van der Waals surface area contributed by atoms with Gasteiger partial charge >= 0.3 is 11.9 Å². The number of ether oxygens (including phenoxy) is 1. The molecule has 0 aromatic rings. The highest BCUT2D eigenvalue weighted by atomic mass is 16.5. The van der Waals surface area contributed by atoms with Crippen LogP contribution in [0.25, 0.3) is 0 Å². The van der Waals surface area contributed by atoms with Crippen molar-refractivity contribution in [3.05, 3.63) is 12.2 Å². The number of carboxylic acids is 1. The van der Waals surface area contributed by atoms with E-state index < -0.39 is 18.2 Å². The first kappa shape index (κ1) is 23.9. The number of carbonyl (C=O) groups is 2. The standard InChI is InChI=1S/C23H38O6/c1-4-14(2)23(28)29-20-7-5-6-16-9-8-15(3)19(22(16)20)11-10-17(24)12-18(25)13-21(26)27/h8-9,14-20,22,24-25H,4-7,10-13H2,1-3H3,(H,26,27)/t14-,15-,16+,17+,18+,19-,20+,22-/m1/s1. The maximum atomic E-state index is 12.4. The molecule has 8 atom stereocenters. The summed E-state index contributed by atoms with van der Waals surface area (Å²) in [5.41, 5.74) is 0. The van der Waals surface area contributed by atoms with E-state index >= 15 is 0 Å². The average molecular weight is 411 g/mol. The number of aliphatic hydroxyl groups is 2. The van der Waals surface area contributed by atoms with Gasteiger partial charge in [0.15, 0.2) is 0 Å². The number of carbonyl (C=O) groups excluding carboxylic acids is 1. The Morgan fingerprint density at radius 3 is 2.55 bits per heavy atom. The van der Waals surface area contributed by atoms with E-state index in [1.54, 1.807) is 0 Å². The summed E-state index contributed by atoms with van der Waals surface area (Å²) in [7, 11) is 0. The van der Waals surface area contributed by atoms with Crippen LogP contribution in [0.15, 0.2) is 12.2 Å². The number of aliphatic hydroxyl groups excluding tert-OH is 2. The number of esters is 1. The van der Waals surface area contributed by atoms with E-state index in [1.807, 2.05) is 13.8 Å². The van der Waals surface area contributed by atoms with Crippen molar-refractivity contribution in [3.8, 4) is 0 Å². The molecule has 6 nitrogen and oxygen atoms in total. The van der Waals surface area contributed by atoms with E-state index in [2.05, 4.69) is 19.1 Å². The summed E-state index contributed by atoms with van der Waals surface area (Å²) in [6.07, 6.45) is 7.49. The van der Waals surface area contributed by atoms with Gasteiger partial charge in [0.1, 0.15) is 6.10 Å². The Hall–Kier alpha value is -1.40. The highest BCUT2D eigenvalue weighted by Crippen LogP contribution is 2.46. The molecular weight excluding hydrogens is 372 g/mol. The number of fused-ring (bicyclic) bond motifs is 1. The lowest BCUT2D eigenvalue weighted by atomic mass is 9.62. The maximum Gasteiger partial charge on any atom is 0.308 e. The van der Waals surface area contributed by atoms with Crippen molar-refractivity contribution in [2.24, 2.45) is 29.6 Å². The number of aliphatic carboxylic acids is 1. The quantitative estimate of drug-likeness (QED) is 0.376. The van der Waals surface area contributed by atoms with Gasteiger partial charge in [0.2, 0.25) is 0 Å². The van der Waals surface area contributed by atoms with Crippen molar-refractivity contribution < 1.29 is 29.6 Å². The molecule has 0 aromatic carbocycles. The van der Waals surface area contributed by atoms with Gasteiger partial charge in [-0.2, -0.15) is 0 Å². The normalized spacial score (nSPS) is 32.1. The van der Waals surface area contributed by atoms with E-state index in [0.717, 1.165) is 32.1 Å². The molecular formula is C23H38O6. The fourth-order valence-corrected chi connectivity index (χ4v) is 4.97. The number of rotatable bonds is 10. The molecule has 2 rings (SSSR count). The van der Waals surface area contributed by atoms with Gasteiger partial charge in [-0.15, -0.1) is 0 Å². The van der Waals surface area contributed by atoms with Gasteiger partial charge in [0.05, 0.1) is 24.5 Å². The molecule has 0 bridgehead atoms. The SMILES string of the molecule is CC[C@@H](C)C(=O)O[C@H]1CCC[C@H]2C=C[C@@H](C)[C@@H](CC[C@H](O)C[C@H](O)CC(=O)O)[C@@H]21. The van der Waals surface area contributed by atoms with E-state index in [1.165, 1.54) is 0 Å². The zero-order valence-electron chi connectivity index (χ0n) is 18.0. The fraction of sp³-hybridized carbons (Fsp3) is 0.826. The van der Waals surface area contributed by atoms with Crippen molar-refractivity contribution in [2.75, 3.05) is 0 Å². The molecule has 0 saturated heterocycles. The number of carboxylic acid groups (broad SMARTS) is 1. The minimum atomic E-state index is -1.06. The van der Waals surface area contributed by atoms with Crippen LogP contribution in [0.2, 0.25) is 0 Å². The van der Waals surface area contributed by atoms with E-state index in [9.17, 15) is 19.8 Å². The molecule has 29 heavy (non-hydrogen) atoms. The molecule has 6 heteroatoms. The molecule has 0 aromatic heterocycles. The predicted octanol–water partition coefficient (Wildman–Crippen LogP) is 3.55. The van der Waals surface area contributed by atoms with Crippen LogP contribution in [-0.4, -0.2) is 45.6 Å². The highest BCUT2D eigenvalue weighted by molar-refractivity contribution is 5.72. The molecule has 0 radical (unpaired) electrons. The first-order valence-corrected chi connectivity index (χ1v) is 11.2. The van der Waals surface area contributed by atoms with Gasteiger partial charge in [-0.1, -0.05) is 32.9 Å². The summed E-state index contributed by atoms with van der Waals surface area (Å²) in [4.78, 5) is 23.1. The summed E-state index contributed by atoms with van der Waals surface area (Å²) < 4.78 is 5.97. The zero-order valence-corrected chi connectivity index (χ0v) is 18.0. The third-order valence-corrected chi connectivity index (χ3v) is 6.85. The van der Waals surface area contributed by atoms with Crippen LogP contribution in [0.3, 0.4) is 0 Å². The van der Waals surface area contributed by atoms with Crippen LogP contribution in [-0.2, 0) is 14.3 Å². The molecule has 0 spiro atoms. The highest BCUT2D eigenvalue weighted by Gasteiger charge is 2.43. The lowest BCUT2D eigenvalue weighted by molar-refractivity contribution is -0.162. The Balaban J connectivity index is 2.01. The Morgan fingerprint density at radius 1 is 1.17 bits per heavy atom. The number of hydrogen-bond acceptors (Lipinski definition) is 5. The fourth-order valence-electron chi connectivity index (χ4n) is 4.97. The Bertz CT molecular complexity index is 574. The summed E-state index contributed by atoms with van der Waals surface area (Å²) in [6, 6.07) is 0. The van der Waals surface area contributed by atoms with Crippen LogP contribution in [0.4, 0.5) is 0 Å². The molecule has 0 amide bonds. The van der Waals surface area contributed by atoms with Crippen LogP contribution >= 0.6 is 0 Å². The summed E-state index contributed by atoms with van der Waals surface area (Å²) in [5, 5.41) is 28.8. The second-order valence-corrected chi connectivity index (χ2v) is 9.08. The van der Waals surface area contributed by atoms with Gasteiger partial charge < -0.3 is 20.1 Å². The summed E-state index contributed by atoms with van der Waals surface area (Å²) >= 11 is 0. The molecule has 0 aliphatic heterocycles. The van der Waals surface area contributed by atoms with Gasteiger partial charge in [0, 0.05) is 5.92 Å². The zero-order chi connectivity index (χ0) is 21.6. The predicted molar refractivity (Wildman–Crippen MR) is 110 cm³/mol. The molecule has 1 fully saturated rings. The lowest BCUT2D eigenvalue weighted by Gasteiger charge is -2.46. The van der Waals surface area contributed by atoms with Crippen LogP contribution in [0, 0.1) is 29.6 Å². The van der Waals surface area contributed by atoms with Gasteiger partial charge in [-0.05, 0) is 62.7 Å². The third-order valence-electron chi connectivity index (χ3n) is 6.85. The van der Waals surface area contributed by atoms with E-state index in [4.69, 9.17) is 9.84 Å². The van der Waals surface area contributed by atoms with E-state index in [0.29, 0.717) is 24.2 Å². The van der Waals surface area contributed by atoms with Gasteiger partial charge in [0.25, 0.3) is 0 Å². The summed E-state index contributed by atoms with van der Waals surface area (Å²) in [5.74, 6) is 0.00883. The van der Waals surface area contributed by atoms with Crippen LogP contribution in [0.5, 0.6) is 0 Å². The molecule has 3 N–H and O–H groups in total. The van der Waals surface area contributed by atoms with Crippen molar-refractivity contribution in [2.45, 2.75) is 90.4 Å². The van der Waals surface area contributed by atoms with Crippen molar-refractivity contribution in [1.29, 1.82) is 0 Å². The van der Waals surface area contributed by atoms with Gasteiger partial charge in [-0.25, -0.2) is 0 Å². The van der Waals surface area contributed by atoms with Gasteiger partial charge in [-0.3, -0.25) is 9.59 Å². The molecule has 0 unspecified atom stereocenters. The first-order chi connectivity index (χ1) is 13.7. The Labute approximate surface area is 174 Å².